The number of hydrogen-bond donors (Lipinski definition) is 0. The quantitative estimate of drug-likeness (QED) is 0.396. The van der Waals surface area contributed by atoms with Crippen molar-refractivity contribution in [2.45, 2.75) is 13.3 Å². The predicted molar refractivity (Wildman–Crippen MR) is 110 cm³/mol. The summed E-state index contributed by atoms with van der Waals surface area (Å²) in [5.74, 6) is 0.864. The first-order valence-electron chi connectivity index (χ1n) is 9.06. The summed E-state index contributed by atoms with van der Waals surface area (Å²) >= 11 is 0. The lowest BCUT2D eigenvalue weighted by atomic mass is 9.98. The van der Waals surface area contributed by atoms with Crippen LogP contribution in [0.1, 0.15) is 16.7 Å². The maximum atomic E-state index is 6.26. The Hall–Kier alpha value is -3.33. The smallest absolute Gasteiger partial charge is 0.158 e. The van der Waals surface area contributed by atoms with Crippen molar-refractivity contribution in [3.8, 4) is 5.75 Å². The molecule has 0 unspecified atom stereocenters. The molecule has 0 aliphatic rings. The minimum absolute atomic E-state index is 0.781. The van der Waals surface area contributed by atoms with Crippen LogP contribution in [0.15, 0.2) is 71.1 Å². The fourth-order valence-electron chi connectivity index (χ4n) is 3.70. The van der Waals surface area contributed by atoms with Gasteiger partial charge in [0.25, 0.3) is 0 Å². The molecule has 0 saturated heterocycles. The zero-order valence-corrected chi connectivity index (χ0v) is 15.3. The lowest BCUT2D eigenvalue weighted by molar-refractivity contribution is 0.414. The van der Waals surface area contributed by atoms with Crippen LogP contribution in [0.25, 0.3) is 33.0 Å². The van der Waals surface area contributed by atoms with Crippen LogP contribution in [0, 0.1) is 6.92 Å². The Labute approximate surface area is 157 Å². The Bertz CT molecular complexity index is 1280. The molecule has 0 amide bonds. The van der Waals surface area contributed by atoms with Gasteiger partial charge in [0, 0.05) is 22.8 Å². The van der Waals surface area contributed by atoms with Crippen LogP contribution < -0.4 is 4.74 Å². The minimum Gasteiger partial charge on any atom is -0.497 e. The molecule has 0 bridgehead atoms. The third-order valence-electron chi connectivity index (χ3n) is 5.09. The Morgan fingerprint density at radius 3 is 2.56 bits per heavy atom. The maximum absolute atomic E-state index is 6.26. The number of aromatic nitrogens is 1. The minimum atomic E-state index is 0.781. The van der Waals surface area contributed by atoms with E-state index in [-0.39, 0.29) is 0 Å². The van der Waals surface area contributed by atoms with E-state index in [1.807, 2.05) is 30.3 Å². The number of fused-ring (bicyclic) bond motifs is 4. The summed E-state index contributed by atoms with van der Waals surface area (Å²) in [5.41, 5.74) is 7.31. The van der Waals surface area contributed by atoms with Gasteiger partial charge in [-0.25, -0.2) is 4.98 Å². The molecule has 0 aliphatic carbocycles. The topological polar surface area (TPSA) is 35.3 Å². The molecule has 132 valence electrons. The Balaban J connectivity index is 1.80. The van der Waals surface area contributed by atoms with Gasteiger partial charge in [0.15, 0.2) is 5.58 Å². The molecule has 2 heterocycles. The van der Waals surface area contributed by atoms with Crippen molar-refractivity contribution in [3.05, 3.63) is 83.4 Å². The summed E-state index contributed by atoms with van der Waals surface area (Å²) in [7, 11) is 1.69. The van der Waals surface area contributed by atoms with E-state index in [1.165, 1.54) is 16.7 Å². The number of para-hydroxylation sites is 1. The van der Waals surface area contributed by atoms with E-state index < -0.39 is 0 Å². The summed E-state index contributed by atoms with van der Waals surface area (Å²) in [5, 5.41) is 2.21. The molecule has 0 fully saturated rings. The van der Waals surface area contributed by atoms with E-state index in [0.717, 1.165) is 45.1 Å². The molecule has 0 saturated carbocycles. The highest BCUT2D eigenvalue weighted by molar-refractivity contribution is 6.08. The fourth-order valence-corrected chi connectivity index (χ4v) is 3.70. The zero-order valence-electron chi connectivity index (χ0n) is 15.3. The number of methoxy groups -OCH3 is 1. The number of aryl methyl sites for hydroxylation is 1. The van der Waals surface area contributed by atoms with Crippen molar-refractivity contribution >= 4 is 33.0 Å². The van der Waals surface area contributed by atoms with Crippen LogP contribution in [0.2, 0.25) is 0 Å². The van der Waals surface area contributed by atoms with Gasteiger partial charge in [-0.3, -0.25) is 0 Å². The average Bonchev–Trinajstić information content (AvgIpc) is 3.07. The highest BCUT2D eigenvalue weighted by atomic mass is 16.5. The first-order valence-corrected chi connectivity index (χ1v) is 9.06. The standard InChI is InChI=1S/C24H19NO2/c1-15-7-12-21-19(13-15)20(14-16-8-10-17(26-2)11-9-16)24-23(25-21)18-5-3-4-6-22(18)27-24/h3-13H,14H2,1-2H3. The zero-order chi connectivity index (χ0) is 18.4. The summed E-state index contributed by atoms with van der Waals surface area (Å²) in [6.07, 6.45) is 0.781. The Kier molecular flexibility index (Phi) is 3.61. The Morgan fingerprint density at radius 1 is 0.926 bits per heavy atom. The predicted octanol–water partition coefficient (Wildman–Crippen LogP) is 6.04. The van der Waals surface area contributed by atoms with Gasteiger partial charge in [0.05, 0.1) is 12.6 Å². The molecule has 2 aromatic heterocycles. The second-order valence-electron chi connectivity index (χ2n) is 6.91. The molecule has 27 heavy (non-hydrogen) atoms. The lowest BCUT2D eigenvalue weighted by Gasteiger charge is -2.09. The van der Waals surface area contributed by atoms with Crippen LogP contribution in [-0.2, 0) is 6.42 Å². The number of pyridine rings is 1. The SMILES string of the molecule is COc1ccc(Cc2c3cc(C)ccc3nc3c2oc2ccccc23)cc1. The van der Waals surface area contributed by atoms with Gasteiger partial charge < -0.3 is 9.15 Å². The highest BCUT2D eigenvalue weighted by Gasteiger charge is 2.16. The second kappa shape index (κ2) is 6.13. The summed E-state index contributed by atoms with van der Waals surface area (Å²) < 4.78 is 11.5. The van der Waals surface area contributed by atoms with Crippen molar-refractivity contribution in [1.29, 1.82) is 0 Å². The van der Waals surface area contributed by atoms with Gasteiger partial charge in [-0.2, -0.15) is 0 Å². The summed E-state index contributed by atoms with van der Waals surface area (Å²) in [6.45, 7) is 2.11. The van der Waals surface area contributed by atoms with E-state index in [0.29, 0.717) is 0 Å². The van der Waals surface area contributed by atoms with E-state index >= 15 is 0 Å². The molecule has 5 aromatic rings. The van der Waals surface area contributed by atoms with Gasteiger partial charge in [-0.05, 0) is 48.9 Å². The molecule has 0 radical (unpaired) electrons. The molecule has 0 spiro atoms. The van der Waals surface area contributed by atoms with Crippen molar-refractivity contribution in [2.75, 3.05) is 7.11 Å². The van der Waals surface area contributed by atoms with Crippen LogP contribution in [0.3, 0.4) is 0 Å². The van der Waals surface area contributed by atoms with Crippen LogP contribution in [0.4, 0.5) is 0 Å². The largest absolute Gasteiger partial charge is 0.497 e. The third kappa shape index (κ3) is 2.63. The molecular weight excluding hydrogens is 334 g/mol. The number of nitrogens with zero attached hydrogens (tertiary/aromatic N) is 1. The molecule has 3 aromatic carbocycles. The highest BCUT2D eigenvalue weighted by Crippen LogP contribution is 2.35. The van der Waals surface area contributed by atoms with Gasteiger partial charge in [-0.15, -0.1) is 0 Å². The fraction of sp³-hybridized carbons (Fsp3) is 0.125. The summed E-state index contributed by atoms with van der Waals surface area (Å²) in [4.78, 5) is 4.92. The van der Waals surface area contributed by atoms with E-state index in [2.05, 4.69) is 43.3 Å². The van der Waals surface area contributed by atoms with Crippen LogP contribution in [0.5, 0.6) is 5.75 Å². The molecule has 3 heteroatoms. The first-order chi connectivity index (χ1) is 13.2. The van der Waals surface area contributed by atoms with Crippen molar-refractivity contribution < 1.29 is 9.15 Å². The molecule has 0 N–H and O–H groups in total. The lowest BCUT2D eigenvalue weighted by Crippen LogP contribution is -1.94. The molecule has 3 nitrogen and oxygen atoms in total. The molecule has 0 aliphatic heterocycles. The number of rotatable bonds is 3. The van der Waals surface area contributed by atoms with Crippen molar-refractivity contribution in [1.82, 2.24) is 4.98 Å². The monoisotopic (exact) mass is 353 g/mol. The van der Waals surface area contributed by atoms with Crippen LogP contribution in [-0.4, -0.2) is 12.1 Å². The van der Waals surface area contributed by atoms with E-state index in [1.54, 1.807) is 7.11 Å². The van der Waals surface area contributed by atoms with Gasteiger partial charge in [-0.1, -0.05) is 35.9 Å². The number of benzene rings is 3. The first kappa shape index (κ1) is 15.9. The number of furan rings is 1. The van der Waals surface area contributed by atoms with Gasteiger partial charge in [0.2, 0.25) is 0 Å². The van der Waals surface area contributed by atoms with Crippen LogP contribution >= 0.6 is 0 Å². The summed E-state index contributed by atoms with van der Waals surface area (Å²) in [6, 6.07) is 22.7. The van der Waals surface area contributed by atoms with Crippen molar-refractivity contribution in [2.24, 2.45) is 0 Å². The molecule has 5 rings (SSSR count). The van der Waals surface area contributed by atoms with Gasteiger partial charge >= 0.3 is 0 Å². The third-order valence-corrected chi connectivity index (χ3v) is 5.09. The van der Waals surface area contributed by atoms with E-state index in [4.69, 9.17) is 14.1 Å². The second-order valence-corrected chi connectivity index (χ2v) is 6.91. The molecular formula is C24H19NO2. The molecule has 0 atom stereocenters. The Morgan fingerprint density at radius 2 is 1.74 bits per heavy atom. The van der Waals surface area contributed by atoms with E-state index in [9.17, 15) is 0 Å². The number of hydrogen-bond acceptors (Lipinski definition) is 3. The van der Waals surface area contributed by atoms with Crippen molar-refractivity contribution in [3.63, 3.8) is 0 Å². The normalized spacial score (nSPS) is 11.5. The van der Waals surface area contributed by atoms with Gasteiger partial charge in [0.1, 0.15) is 16.8 Å². The average molecular weight is 353 g/mol. The maximum Gasteiger partial charge on any atom is 0.158 e. The number of ether oxygens (including phenoxy) is 1.